The van der Waals surface area contributed by atoms with Crippen LogP contribution in [0.25, 0.3) is 17.2 Å². The highest BCUT2D eigenvalue weighted by atomic mass is 32.2. The number of amidine groups is 1. The van der Waals surface area contributed by atoms with Gasteiger partial charge >= 0.3 is 0 Å². The fourth-order valence-corrected chi connectivity index (χ4v) is 4.75. The van der Waals surface area contributed by atoms with E-state index >= 15 is 0 Å². The van der Waals surface area contributed by atoms with Crippen molar-refractivity contribution >= 4 is 40.3 Å². The topological polar surface area (TPSA) is 32.7 Å². The van der Waals surface area contributed by atoms with E-state index in [0.717, 1.165) is 28.1 Å². The number of rotatable bonds is 4. The Hall–Kier alpha value is -3.89. The van der Waals surface area contributed by atoms with Gasteiger partial charge < -0.3 is 0 Å². The van der Waals surface area contributed by atoms with Gasteiger partial charge in [0, 0.05) is 0 Å². The molecule has 0 N–H and O–H groups in total. The molecule has 0 spiro atoms. The second-order valence-corrected chi connectivity index (χ2v) is 9.31. The number of nitrogens with zero attached hydrogens (tertiary/aromatic N) is 2. The Labute approximate surface area is 204 Å². The smallest absolute Gasteiger partial charge is 0.268 e. The first-order chi connectivity index (χ1) is 16.6. The van der Waals surface area contributed by atoms with E-state index in [4.69, 9.17) is 4.99 Å². The lowest BCUT2D eigenvalue weighted by atomic mass is 10.0. The zero-order chi connectivity index (χ0) is 23.5. The Bertz CT molecular complexity index is 1370. The van der Waals surface area contributed by atoms with Crippen LogP contribution in [0.3, 0.4) is 0 Å². The Balaban J connectivity index is 1.49. The summed E-state index contributed by atoms with van der Waals surface area (Å²) in [5.74, 6) is -0.0631. The lowest BCUT2D eigenvalue weighted by Gasteiger charge is -2.16. The molecule has 1 fully saturated rings. The number of hydrogen-bond acceptors (Lipinski definition) is 3. The molecule has 1 amide bonds. The molecule has 1 heterocycles. The number of amides is 1. The second kappa shape index (κ2) is 9.54. The van der Waals surface area contributed by atoms with Gasteiger partial charge in [-0.15, -0.1) is 0 Å². The molecular weight excluding hydrogens is 436 g/mol. The Morgan fingerprint density at radius 2 is 1.29 bits per heavy atom. The van der Waals surface area contributed by atoms with Crippen LogP contribution in [-0.2, 0) is 4.79 Å². The van der Waals surface area contributed by atoms with E-state index in [2.05, 4.69) is 36.4 Å². The quantitative estimate of drug-likeness (QED) is 0.291. The van der Waals surface area contributed by atoms with Gasteiger partial charge in [-0.2, -0.15) is 0 Å². The molecule has 3 nitrogen and oxygen atoms in total. The SMILES string of the molecule is Cc1ccc(N=C2S/C(=C/c3ccc(-c4ccccc4)cc3)C(=O)N2c2ccc(C)cc2)cc1. The molecule has 0 radical (unpaired) electrons. The van der Waals surface area contributed by atoms with Crippen molar-refractivity contribution < 1.29 is 4.79 Å². The summed E-state index contributed by atoms with van der Waals surface area (Å²) in [5.41, 5.74) is 7.27. The maximum atomic E-state index is 13.5. The maximum Gasteiger partial charge on any atom is 0.271 e. The fourth-order valence-electron chi connectivity index (χ4n) is 3.75. The lowest BCUT2D eigenvalue weighted by molar-refractivity contribution is -0.113. The summed E-state index contributed by atoms with van der Waals surface area (Å²) in [6, 6.07) is 34.5. The molecule has 0 saturated carbocycles. The third-order valence-electron chi connectivity index (χ3n) is 5.67. The van der Waals surface area contributed by atoms with Crippen LogP contribution >= 0.6 is 11.8 Å². The van der Waals surface area contributed by atoms with E-state index in [1.54, 1.807) is 4.90 Å². The first-order valence-electron chi connectivity index (χ1n) is 11.2. The minimum absolute atomic E-state index is 0.0631. The van der Waals surface area contributed by atoms with Gasteiger partial charge in [-0.25, -0.2) is 4.99 Å². The second-order valence-electron chi connectivity index (χ2n) is 8.30. The minimum atomic E-state index is -0.0631. The average Bonchev–Trinajstić information content (AvgIpc) is 3.16. The van der Waals surface area contributed by atoms with Gasteiger partial charge in [0.2, 0.25) is 0 Å². The van der Waals surface area contributed by atoms with E-state index in [-0.39, 0.29) is 5.91 Å². The summed E-state index contributed by atoms with van der Waals surface area (Å²) >= 11 is 1.41. The number of benzene rings is 4. The first-order valence-corrected chi connectivity index (χ1v) is 12.0. The molecule has 0 atom stereocenters. The standard InChI is InChI=1S/C30H24N2OS/c1-21-8-16-26(17-9-21)31-30-32(27-18-10-22(2)11-19-27)29(33)28(34-30)20-23-12-14-25(15-13-23)24-6-4-3-5-7-24/h3-20H,1-2H3/b28-20+,31-30?. The molecule has 4 aromatic carbocycles. The monoisotopic (exact) mass is 460 g/mol. The number of anilines is 1. The number of aryl methyl sites for hydroxylation is 2. The average molecular weight is 461 g/mol. The Morgan fingerprint density at radius 3 is 1.94 bits per heavy atom. The van der Waals surface area contributed by atoms with Gasteiger partial charge in [-0.05, 0) is 72.6 Å². The highest BCUT2D eigenvalue weighted by molar-refractivity contribution is 8.19. The van der Waals surface area contributed by atoms with Crippen molar-refractivity contribution in [1.29, 1.82) is 0 Å². The van der Waals surface area contributed by atoms with E-state index in [0.29, 0.717) is 10.1 Å². The van der Waals surface area contributed by atoms with Crippen LogP contribution in [0.2, 0.25) is 0 Å². The third-order valence-corrected chi connectivity index (χ3v) is 6.64. The van der Waals surface area contributed by atoms with Crippen LogP contribution in [-0.4, -0.2) is 11.1 Å². The fraction of sp³-hybridized carbons (Fsp3) is 0.0667. The minimum Gasteiger partial charge on any atom is -0.268 e. The highest BCUT2D eigenvalue weighted by Gasteiger charge is 2.34. The van der Waals surface area contributed by atoms with Gasteiger partial charge in [-0.1, -0.05) is 90.0 Å². The summed E-state index contributed by atoms with van der Waals surface area (Å²) in [6.45, 7) is 4.09. The van der Waals surface area contributed by atoms with E-state index in [9.17, 15) is 4.79 Å². The molecule has 0 aliphatic carbocycles. The van der Waals surface area contributed by atoms with Gasteiger partial charge in [0.05, 0.1) is 16.3 Å². The molecule has 1 saturated heterocycles. The van der Waals surface area contributed by atoms with E-state index < -0.39 is 0 Å². The summed E-state index contributed by atoms with van der Waals surface area (Å²) < 4.78 is 0. The number of hydrogen-bond donors (Lipinski definition) is 0. The predicted molar refractivity (Wildman–Crippen MR) is 144 cm³/mol. The maximum absolute atomic E-state index is 13.5. The molecule has 166 valence electrons. The first kappa shape index (κ1) is 21.9. The van der Waals surface area contributed by atoms with Gasteiger partial charge in [0.15, 0.2) is 5.17 Å². The largest absolute Gasteiger partial charge is 0.271 e. The van der Waals surface area contributed by atoms with Crippen LogP contribution in [0, 0.1) is 13.8 Å². The molecule has 0 bridgehead atoms. The Kier molecular flexibility index (Phi) is 6.15. The zero-order valence-corrected chi connectivity index (χ0v) is 19.9. The highest BCUT2D eigenvalue weighted by Crippen LogP contribution is 2.37. The number of aliphatic imine (C=N–C) groups is 1. The van der Waals surface area contributed by atoms with Crippen molar-refractivity contribution in [3.63, 3.8) is 0 Å². The molecule has 4 aromatic rings. The van der Waals surface area contributed by atoms with Crippen LogP contribution < -0.4 is 4.90 Å². The molecule has 5 rings (SSSR count). The normalized spacial score (nSPS) is 15.9. The predicted octanol–water partition coefficient (Wildman–Crippen LogP) is 7.78. The summed E-state index contributed by atoms with van der Waals surface area (Å²) in [5, 5.41) is 0.657. The van der Waals surface area contributed by atoms with E-state index in [1.165, 1.54) is 22.9 Å². The lowest BCUT2D eigenvalue weighted by Crippen LogP contribution is -2.28. The van der Waals surface area contributed by atoms with Gasteiger partial charge in [0.25, 0.3) is 5.91 Å². The van der Waals surface area contributed by atoms with Crippen molar-refractivity contribution in [2.45, 2.75) is 13.8 Å². The van der Waals surface area contributed by atoms with Crippen LogP contribution in [0.5, 0.6) is 0 Å². The van der Waals surface area contributed by atoms with Crippen LogP contribution in [0.1, 0.15) is 16.7 Å². The van der Waals surface area contributed by atoms with Crippen LogP contribution in [0.4, 0.5) is 11.4 Å². The summed E-state index contributed by atoms with van der Waals surface area (Å²) in [6.07, 6.45) is 1.95. The Morgan fingerprint density at radius 1 is 0.706 bits per heavy atom. The molecular formula is C30H24N2OS. The number of carbonyl (C=O) groups excluding carboxylic acids is 1. The molecule has 1 aliphatic heterocycles. The third kappa shape index (κ3) is 4.73. The molecule has 4 heteroatoms. The summed E-state index contributed by atoms with van der Waals surface area (Å²) in [7, 11) is 0. The van der Waals surface area contributed by atoms with Gasteiger partial charge in [0.1, 0.15) is 0 Å². The molecule has 34 heavy (non-hydrogen) atoms. The summed E-state index contributed by atoms with van der Waals surface area (Å²) in [4.78, 5) is 20.7. The van der Waals surface area contributed by atoms with Crippen molar-refractivity contribution in [3.05, 3.63) is 125 Å². The molecule has 0 aromatic heterocycles. The van der Waals surface area contributed by atoms with Crippen LogP contribution in [0.15, 0.2) is 113 Å². The van der Waals surface area contributed by atoms with Crippen molar-refractivity contribution in [3.8, 4) is 11.1 Å². The zero-order valence-electron chi connectivity index (χ0n) is 19.1. The molecule has 0 unspecified atom stereocenters. The number of carbonyl (C=O) groups is 1. The molecule has 1 aliphatic rings. The van der Waals surface area contributed by atoms with Crippen molar-refractivity contribution in [2.24, 2.45) is 4.99 Å². The van der Waals surface area contributed by atoms with Crippen molar-refractivity contribution in [2.75, 3.05) is 4.90 Å². The number of thioether (sulfide) groups is 1. The van der Waals surface area contributed by atoms with E-state index in [1.807, 2.05) is 86.7 Å². The van der Waals surface area contributed by atoms with Gasteiger partial charge in [-0.3, -0.25) is 9.69 Å². The van der Waals surface area contributed by atoms with Crippen molar-refractivity contribution in [1.82, 2.24) is 0 Å².